The molecule has 0 bridgehead atoms. The topological polar surface area (TPSA) is 63.6 Å². The minimum absolute atomic E-state index is 0.139. The molecule has 0 fully saturated rings. The van der Waals surface area contributed by atoms with E-state index in [-0.39, 0.29) is 11.5 Å². The minimum atomic E-state index is -1.15. The normalized spacial score (nSPS) is 13.6. The van der Waals surface area contributed by atoms with Gasteiger partial charge in [-0.25, -0.2) is 9.59 Å². The molecule has 4 heteroatoms. The lowest BCUT2D eigenvalue weighted by atomic mass is 9.89. The number of esters is 1. The number of hydrogen-bond acceptors (Lipinski definition) is 3. The van der Waals surface area contributed by atoms with Crippen molar-refractivity contribution in [3.8, 4) is 0 Å². The predicted molar refractivity (Wildman–Crippen MR) is 65.6 cm³/mol. The summed E-state index contributed by atoms with van der Waals surface area (Å²) in [5.74, 6) is -1.74. The first-order valence-corrected chi connectivity index (χ1v) is 5.86. The maximum atomic E-state index is 11.3. The molecule has 0 aromatic heterocycles. The van der Waals surface area contributed by atoms with E-state index in [9.17, 15) is 9.59 Å². The molecular formula is C13H22O4. The van der Waals surface area contributed by atoms with Crippen LogP contribution in [0.2, 0.25) is 0 Å². The van der Waals surface area contributed by atoms with Crippen LogP contribution in [0.3, 0.4) is 0 Å². The molecule has 4 nitrogen and oxygen atoms in total. The standard InChI is InChI=1S/C13H22O4/c1-5-10(8-9-13(2,3)4)17-12(16)7-6-11(14)15/h6-7,10H,5,8-9H2,1-4H3,(H,14,15)/b7-6+. The molecule has 0 spiro atoms. The summed E-state index contributed by atoms with van der Waals surface area (Å²) in [6, 6.07) is 0. The highest BCUT2D eigenvalue weighted by atomic mass is 16.5. The molecule has 1 unspecified atom stereocenters. The highest BCUT2D eigenvalue weighted by Crippen LogP contribution is 2.23. The molecule has 0 saturated carbocycles. The van der Waals surface area contributed by atoms with E-state index in [0.717, 1.165) is 31.4 Å². The van der Waals surface area contributed by atoms with Crippen LogP contribution in [0.4, 0.5) is 0 Å². The summed E-state index contributed by atoms with van der Waals surface area (Å²) in [5.41, 5.74) is 0.205. The summed E-state index contributed by atoms with van der Waals surface area (Å²) in [6.07, 6.45) is 4.10. The largest absolute Gasteiger partial charge is 0.478 e. The molecule has 1 atom stereocenters. The molecule has 98 valence electrons. The molecule has 0 aromatic rings. The second-order valence-electron chi connectivity index (χ2n) is 5.24. The van der Waals surface area contributed by atoms with Crippen LogP contribution < -0.4 is 0 Å². The molecule has 0 aliphatic heterocycles. The first-order valence-electron chi connectivity index (χ1n) is 5.86. The van der Waals surface area contributed by atoms with Crippen molar-refractivity contribution in [1.82, 2.24) is 0 Å². The molecule has 0 amide bonds. The lowest BCUT2D eigenvalue weighted by Gasteiger charge is -2.22. The van der Waals surface area contributed by atoms with Gasteiger partial charge in [-0.3, -0.25) is 0 Å². The van der Waals surface area contributed by atoms with E-state index in [1.54, 1.807) is 0 Å². The Morgan fingerprint density at radius 3 is 2.29 bits per heavy atom. The van der Waals surface area contributed by atoms with Gasteiger partial charge in [-0.05, 0) is 24.7 Å². The third-order valence-electron chi connectivity index (χ3n) is 2.32. The Bertz CT molecular complexity index is 286. The number of aliphatic carboxylic acids is 1. The van der Waals surface area contributed by atoms with Gasteiger partial charge >= 0.3 is 11.9 Å². The van der Waals surface area contributed by atoms with Crippen LogP contribution in [0.15, 0.2) is 12.2 Å². The molecule has 17 heavy (non-hydrogen) atoms. The van der Waals surface area contributed by atoms with Crippen molar-refractivity contribution in [2.45, 2.75) is 53.1 Å². The van der Waals surface area contributed by atoms with Crippen LogP contribution in [0.5, 0.6) is 0 Å². The molecule has 0 heterocycles. The van der Waals surface area contributed by atoms with Gasteiger partial charge in [0, 0.05) is 12.2 Å². The number of carboxylic acid groups (broad SMARTS) is 1. The number of carboxylic acids is 1. The van der Waals surface area contributed by atoms with Gasteiger partial charge < -0.3 is 9.84 Å². The zero-order valence-electron chi connectivity index (χ0n) is 11.0. The molecule has 0 radical (unpaired) electrons. The third-order valence-corrected chi connectivity index (χ3v) is 2.32. The summed E-state index contributed by atoms with van der Waals surface area (Å²) in [7, 11) is 0. The number of ether oxygens (including phenoxy) is 1. The summed E-state index contributed by atoms with van der Waals surface area (Å²) in [5, 5.41) is 8.37. The molecular weight excluding hydrogens is 220 g/mol. The second kappa shape index (κ2) is 7.09. The summed E-state index contributed by atoms with van der Waals surface area (Å²) in [6.45, 7) is 8.34. The summed E-state index contributed by atoms with van der Waals surface area (Å²) >= 11 is 0. The maximum Gasteiger partial charge on any atom is 0.331 e. The number of carbonyl (C=O) groups is 2. The molecule has 0 saturated heterocycles. The highest BCUT2D eigenvalue weighted by Gasteiger charge is 2.16. The number of rotatable bonds is 6. The van der Waals surface area contributed by atoms with Crippen molar-refractivity contribution >= 4 is 11.9 Å². The predicted octanol–water partition coefficient (Wildman–Crippen LogP) is 2.78. The monoisotopic (exact) mass is 242 g/mol. The van der Waals surface area contributed by atoms with E-state index in [0.29, 0.717) is 0 Å². The van der Waals surface area contributed by atoms with Gasteiger partial charge in [0.15, 0.2) is 0 Å². The van der Waals surface area contributed by atoms with Gasteiger partial charge in [0.25, 0.3) is 0 Å². The molecule has 0 aromatic carbocycles. The molecule has 1 N–H and O–H groups in total. The molecule has 0 rings (SSSR count). The lowest BCUT2D eigenvalue weighted by Crippen LogP contribution is -2.19. The Labute approximate surface area is 103 Å². The van der Waals surface area contributed by atoms with Gasteiger partial charge in [0.05, 0.1) is 0 Å². The minimum Gasteiger partial charge on any atom is -0.478 e. The second-order valence-corrected chi connectivity index (χ2v) is 5.24. The van der Waals surface area contributed by atoms with Crippen molar-refractivity contribution in [2.24, 2.45) is 5.41 Å². The first kappa shape index (κ1) is 15.7. The van der Waals surface area contributed by atoms with E-state index in [1.165, 1.54) is 0 Å². The zero-order valence-corrected chi connectivity index (χ0v) is 11.0. The average Bonchev–Trinajstić information content (AvgIpc) is 2.19. The fourth-order valence-corrected chi connectivity index (χ4v) is 1.28. The average molecular weight is 242 g/mol. The smallest absolute Gasteiger partial charge is 0.331 e. The van der Waals surface area contributed by atoms with Gasteiger partial charge in [-0.1, -0.05) is 27.7 Å². The highest BCUT2D eigenvalue weighted by molar-refractivity contribution is 5.90. The Hall–Kier alpha value is -1.32. The SMILES string of the molecule is CCC(CCC(C)(C)C)OC(=O)/C=C/C(=O)O. The van der Waals surface area contributed by atoms with Crippen LogP contribution in [0.1, 0.15) is 47.0 Å². The zero-order chi connectivity index (χ0) is 13.5. The van der Waals surface area contributed by atoms with Crippen LogP contribution in [-0.2, 0) is 14.3 Å². The van der Waals surface area contributed by atoms with Gasteiger partial charge in [0.1, 0.15) is 6.10 Å². The van der Waals surface area contributed by atoms with Crippen LogP contribution >= 0.6 is 0 Å². The summed E-state index contributed by atoms with van der Waals surface area (Å²) < 4.78 is 5.16. The van der Waals surface area contributed by atoms with E-state index < -0.39 is 11.9 Å². The summed E-state index contributed by atoms with van der Waals surface area (Å²) in [4.78, 5) is 21.5. The Kier molecular flexibility index (Phi) is 6.54. The number of carbonyl (C=O) groups excluding carboxylic acids is 1. The van der Waals surface area contributed by atoms with Crippen LogP contribution in [0.25, 0.3) is 0 Å². The van der Waals surface area contributed by atoms with E-state index in [2.05, 4.69) is 20.8 Å². The number of hydrogen-bond donors (Lipinski definition) is 1. The van der Waals surface area contributed by atoms with Gasteiger partial charge in [-0.15, -0.1) is 0 Å². The fraction of sp³-hybridized carbons (Fsp3) is 0.692. The van der Waals surface area contributed by atoms with Gasteiger partial charge in [-0.2, -0.15) is 0 Å². The lowest BCUT2D eigenvalue weighted by molar-refractivity contribution is -0.144. The van der Waals surface area contributed by atoms with Gasteiger partial charge in [0.2, 0.25) is 0 Å². The van der Waals surface area contributed by atoms with E-state index in [1.807, 2.05) is 6.92 Å². The van der Waals surface area contributed by atoms with Crippen molar-refractivity contribution in [1.29, 1.82) is 0 Å². The van der Waals surface area contributed by atoms with Crippen molar-refractivity contribution in [3.05, 3.63) is 12.2 Å². The maximum absolute atomic E-state index is 11.3. The van der Waals surface area contributed by atoms with Crippen molar-refractivity contribution in [3.63, 3.8) is 0 Å². The Morgan fingerprint density at radius 1 is 1.29 bits per heavy atom. The van der Waals surface area contributed by atoms with E-state index >= 15 is 0 Å². The van der Waals surface area contributed by atoms with Crippen LogP contribution in [-0.4, -0.2) is 23.1 Å². The first-order chi connectivity index (χ1) is 7.74. The van der Waals surface area contributed by atoms with Crippen molar-refractivity contribution in [2.75, 3.05) is 0 Å². The Morgan fingerprint density at radius 2 is 1.88 bits per heavy atom. The Balaban J connectivity index is 4.13. The third kappa shape index (κ3) is 9.60. The fourth-order valence-electron chi connectivity index (χ4n) is 1.28. The quantitative estimate of drug-likeness (QED) is 0.574. The van der Waals surface area contributed by atoms with E-state index in [4.69, 9.17) is 9.84 Å². The van der Waals surface area contributed by atoms with Crippen LogP contribution in [0, 0.1) is 5.41 Å². The molecule has 0 aliphatic rings. The molecule has 0 aliphatic carbocycles. The van der Waals surface area contributed by atoms with Crippen molar-refractivity contribution < 1.29 is 19.4 Å².